The van der Waals surface area contributed by atoms with E-state index in [1.54, 1.807) is 25.3 Å². The van der Waals surface area contributed by atoms with E-state index in [9.17, 15) is 9.59 Å². The van der Waals surface area contributed by atoms with Gasteiger partial charge in [0.2, 0.25) is 0 Å². The number of hydrazine groups is 1. The molecule has 0 saturated carbocycles. The van der Waals surface area contributed by atoms with E-state index in [1.807, 2.05) is 30.3 Å². The van der Waals surface area contributed by atoms with E-state index < -0.39 is 0 Å². The van der Waals surface area contributed by atoms with E-state index in [4.69, 9.17) is 9.47 Å². The zero-order valence-electron chi connectivity index (χ0n) is 18.2. The Bertz CT molecular complexity index is 877. The Labute approximate surface area is 182 Å². The van der Waals surface area contributed by atoms with Crippen molar-refractivity contribution in [2.24, 2.45) is 0 Å². The van der Waals surface area contributed by atoms with Crippen molar-refractivity contribution in [1.29, 1.82) is 0 Å². The highest BCUT2D eigenvalue weighted by molar-refractivity contribution is 5.95. The lowest BCUT2D eigenvalue weighted by atomic mass is 10.1. The van der Waals surface area contributed by atoms with Gasteiger partial charge in [-0.05, 0) is 43.7 Å². The Kier molecular flexibility index (Phi) is 7.86. The average molecular weight is 427 g/mol. The van der Waals surface area contributed by atoms with Crippen LogP contribution in [-0.4, -0.2) is 55.7 Å². The number of methoxy groups -OCH3 is 1. The molecule has 1 heterocycles. The molecule has 1 saturated heterocycles. The van der Waals surface area contributed by atoms with Crippen LogP contribution in [0.1, 0.15) is 29.8 Å². The van der Waals surface area contributed by atoms with Gasteiger partial charge in [0.15, 0.2) is 0 Å². The van der Waals surface area contributed by atoms with Crippen LogP contribution >= 0.6 is 0 Å². The van der Waals surface area contributed by atoms with Crippen molar-refractivity contribution >= 4 is 17.5 Å². The van der Waals surface area contributed by atoms with Gasteiger partial charge < -0.3 is 14.8 Å². The van der Waals surface area contributed by atoms with E-state index >= 15 is 0 Å². The highest BCUT2D eigenvalue weighted by Crippen LogP contribution is 2.22. The molecule has 2 atom stereocenters. The summed E-state index contributed by atoms with van der Waals surface area (Å²) < 4.78 is 11.0. The van der Waals surface area contributed by atoms with Crippen LogP contribution in [0.25, 0.3) is 0 Å². The Hall–Kier alpha value is -3.10. The van der Waals surface area contributed by atoms with Gasteiger partial charge in [-0.15, -0.1) is 0 Å². The number of morpholine rings is 1. The van der Waals surface area contributed by atoms with Crippen molar-refractivity contribution in [2.75, 3.05) is 32.1 Å². The number of amides is 2. The molecule has 2 aromatic rings. The highest BCUT2D eigenvalue weighted by Gasteiger charge is 2.22. The van der Waals surface area contributed by atoms with E-state index in [-0.39, 0.29) is 30.6 Å². The topological polar surface area (TPSA) is 91.9 Å². The molecule has 2 aromatic carbocycles. The second-order valence-electron chi connectivity index (χ2n) is 7.70. The third-order valence-electron chi connectivity index (χ3n) is 4.98. The van der Waals surface area contributed by atoms with Crippen LogP contribution in [0.5, 0.6) is 5.75 Å². The Balaban J connectivity index is 1.44. The van der Waals surface area contributed by atoms with Crippen LogP contribution < -0.4 is 20.9 Å². The van der Waals surface area contributed by atoms with Crippen LogP contribution in [0.2, 0.25) is 0 Å². The lowest BCUT2D eigenvalue weighted by Gasteiger charge is -2.35. The van der Waals surface area contributed by atoms with E-state index in [1.165, 1.54) is 0 Å². The van der Waals surface area contributed by atoms with Gasteiger partial charge in [0.05, 0.1) is 31.5 Å². The van der Waals surface area contributed by atoms with Gasteiger partial charge in [0.25, 0.3) is 11.8 Å². The molecule has 1 fully saturated rings. The Morgan fingerprint density at radius 2 is 1.71 bits per heavy atom. The zero-order chi connectivity index (χ0) is 22.2. The molecule has 8 heteroatoms. The van der Waals surface area contributed by atoms with Crippen LogP contribution in [0.3, 0.4) is 0 Å². The molecule has 3 N–H and O–H groups in total. The number of nitrogens with one attached hydrogen (secondary N) is 3. The highest BCUT2D eigenvalue weighted by atomic mass is 16.5. The SMILES string of the molecule is COc1ccccc1NCC(=O)NNC(=O)c1ccc(CN2CC(C)OC(C)C2)cc1. The summed E-state index contributed by atoms with van der Waals surface area (Å²) in [7, 11) is 1.56. The number of rotatable bonds is 7. The lowest BCUT2D eigenvalue weighted by Crippen LogP contribution is -2.44. The zero-order valence-corrected chi connectivity index (χ0v) is 18.2. The number of nitrogens with zero attached hydrogens (tertiary/aromatic N) is 1. The maximum absolute atomic E-state index is 12.3. The summed E-state index contributed by atoms with van der Waals surface area (Å²) in [6.07, 6.45) is 0.435. The molecule has 31 heavy (non-hydrogen) atoms. The first kappa shape index (κ1) is 22.6. The number of benzene rings is 2. The van der Waals surface area contributed by atoms with Crippen LogP contribution in [0.15, 0.2) is 48.5 Å². The number of para-hydroxylation sites is 2. The smallest absolute Gasteiger partial charge is 0.269 e. The fourth-order valence-corrected chi connectivity index (χ4v) is 3.64. The molecule has 0 aliphatic carbocycles. The van der Waals surface area contributed by atoms with Crippen molar-refractivity contribution < 1.29 is 19.1 Å². The summed E-state index contributed by atoms with van der Waals surface area (Å²) >= 11 is 0. The molecule has 2 amide bonds. The van der Waals surface area contributed by atoms with Crippen molar-refractivity contribution in [3.63, 3.8) is 0 Å². The summed E-state index contributed by atoms with van der Waals surface area (Å²) in [5.74, 6) is -0.0994. The maximum atomic E-state index is 12.3. The molecular formula is C23H30N4O4. The van der Waals surface area contributed by atoms with Gasteiger partial charge in [0.1, 0.15) is 5.75 Å². The van der Waals surface area contributed by atoms with Crippen LogP contribution in [-0.2, 0) is 16.1 Å². The molecule has 1 aliphatic heterocycles. The fourth-order valence-electron chi connectivity index (χ4n) is 3.64. The van der Waals surface area contributed by atoms with Gasteiger partial charge in [-0.25, -0.2) is 0 Å². The Morgan fingerprint density at radius 3 is 2.39 bits per heavy atom. The van der Waals surface area contributed by atoms with E-state index in [0.29, 0.717) is 17.0 Å². The predicted octanol–water partition coefficient (Wildman–Crippen LogP) is 2.18. The molecule has 166 valence electrons. The summed E-state index contributed by atoms with van der Waals surface area (Å²) in [6.45, 7) is 6.75. The molecule has 2 unspecified atom stereocenters. The standard InChI is InChI=1S/C23H30N4O4/c1-16-13-27(14-17(2)31-16)15-18-8-10-19(11-9-18)23(29)26-25-22(28)12-24-20-6-4-5-7-21(20)30-3/h4-11,16-17,24H,12-15H2,1-3H3,(H,25,28)(H,26,29). The minimum atomic E-state index is -0.370. The minimum Gasteiger partial charge on any atom is -0.495 e. The number of hydrogen-bond donors (Lipinski definition) is 3. The monoisotopic (exact) mass is 426 g/mol. The number of carbonyl (C=O) groups is 2. The van der Waals surface area contributed by atoms with Gasteiger partial charge in [-0.2, -0.15) is 0 Å². The lowest BCUT2D eigenvalue weighted by molar-refractivity contribution is -0.120. The summed E-state index contributed by atoms with van der Waals surface area (Å²) in [5.41, 5.74) is 7.16. The molecule has 8 nitrogen and oxygen atoms in total. The largest absolute Gasteiger partial charge is 0.495 e. The third kappa shape index (κ3) is 6.70. The molecule has 0 aromatic heterocycles. The van der Waals surface area contributed by atoms with Gasteiger partial charge >= 0.3 is 0 Å². The summed E-state index contributed by atoms with van der Waals surface area (Å²) in [4.78, 5) is 26.7. The number of hydrogen-bond acceptors (Lipinski definition) is 6. The summed E-state index contributed by atoms with van der Waals surface area (Å²) in [5, 5.41) is 2.98. The van der Waals surface area contributed by atoms with Crippen LogP contribution in [0.4, 0.5) is 5.69 Å². The first-order valence-corrected chi connectivity index (χ1v) is 10.4. The number of ether oxygens (including phenoxy) is 2. The van der Waals surface area contributed by atoms with Crippen molar-refractivity contribution in [3.8, 4) is 5.75 Å². The van der Waals surface area contributed by atoms with Crippen molar-refractivity contribution in [3.05, 3.63) is 59.7 Å². The summed E-state index contributed by atoms with van der Waals surface area (Å²) in [6, 6.07) is 14.7. The van der Waals surface area contributed by atoms with E-state index in [0.717, 1.165) is 25.2 Å². The minimum absolute atomic E-state index is 0.00398. The quantitative estimate of drug-likeness (QED) is 0.588. The van der Waals surface area contributed by atoms with Crippen molar-refractivity contribution in [2.45, 2.75) is 32.6 Å². The average Bonchev–Trinajstić information content (AvgIpc) is 2.76. The fraction of sp³-hybridized carbons (Fsp3) is 0.391. The second kappa shape index (κ2) is 10.8. The molecular weight excluding hydrogens is 396 g/mol. The van der Waals surface area contributed by atoms with Crippen molar-refractivity contribution in [1.82, 2.24) is 15.8 Å². The number of carbonyl (C=O) groups excluding carboxylic acids is 2. The number of anilines is 1. The molecule has 0 spiro atoms. The predicted molar refractivity (Wildman–Crippen MR) is 119 cm³/mol. The Morgan fingerprint density at radius 1 is 1.03 bits per heavy atom. The van der Waals surface area contributed by atoms with Gasteiger partial charge in [-0.3, -0.25) is 25.3 Å². The first-order valence-electron chi connectivity index (χ1n) is 10.4. The van der Waals surface area contributed by atoms with Gasteiger partial charge in [-0.1, -0.05) is 24.3 Å². The molecule has 0 radical (unpaired) electrons. The van der Waals surface area contributed by atoms with E-state index in [2.05, 4.69) is 34.9 Å². The molecule has 0 bridgehead atoms. The maximum Gasteiger partial charge on any atom is 0.269 e. The normalized spacial score (nSPS) is 18.8. The molecule has 3 rings (SSSR count). The first-order chi connectivity index (χ1) is 14.9. The third-order valence-corrected chi connectivity index (χ3v) is 4.98. The van der Waals surface area contributed by atoms with Crippen LogP contribution in [0, 0.1) is 0 Å². The second-order valence-corrected chi connectivity index (χ2v) is 7.70. The van der Waals surface area contributed by atoms with Gasteiger partial charge in [0, 0.05) is 25.2 Å². The molecule has 1 aliphatic rings.